The molecular formula is C21H18ClFN6O2S. The quantitative estimate of drug-likeness (QED) is 0.356. The average molecular weight is 473 g/mol. The molecule has 32 heavy (non-hydrogen) atoms. The molecule has 2 heterocycles. The van der Waals surface area contributed by atoms with E-state index in [2.05, 4.69) is 25.6 Å². The van der Waals surface area contributed by atoms with Gasteiger partial charge in [0, 0.05) is 18.8 Å². The van der Waals surface area contributed by atoms with Crippen LogP contribution in [-0.4, -0.2) is 33.9 Å². The lowest BCUT2D eigenvalue weighted by atomic mass is 10.2. The Bertz CT molecular complexity index is 1270. The van der Waals surface area contributed by atoms with E-state index in [4.69, 9.17) is 22.1 Å². The van der Waals surface area contributed by atoms with Crippen LogP contribution >= 0.6 is 22.9 Å². The molecule has 1 amide bonds. The largest absolute Gasteiger partial charge is 0.487 e. The molecule has 0 aliphatic rings. The van der Waals surface area contributed by atoms with Gasteiger partial charge in [-0.3, -0.25) is 4.79 Å². The van der Waals surface area contributed by atoms with Crippen LogP contribution in [0.5, 0.6) is 5.75 Å². The normalized spacial score (nSPS) is 10.8. The third-order valence-corrected chi connectivity index (χ3v) is 5.56. The van der Waals surface area contributed by atoms with E-state index in [0.29, 0.717) is 51.3 Å². The Balaban J connectivity index is 1.49. The summed E-state index contributed by atoms with van der Waals surface area (Å²) >= 11 is 7.52. The van der Waals surface area contributed by atoms with Gasteiger partial charge in [-0.1, -0.05) is 35.1 Å². The van der Waals surface area contributed by atoms with Crippen molar-refractivity contribution in [2.24, 2.45) is 5.73 Å². The fourth-order valence-electron chi connectivity index (χ4n) is 2.82. The number of rotatable bonds is 8. The van der Waals surface area contributed by atoms with E-state index in [0.717, 1.165) is 11.3 Å². The predicted octanol–water partition coefficient (Wildman–Crippen LogP) is 3.89. The van der Waals surface area contributed by atoms with Crippen LogP contribution in [0.15, 0.2) is 48.8 Å². The summed E-state index contributed by atoms with van der Waals surface area (Å²) in [7, 11) is 0. The van der Waals surface area contributed by atoms with E-state index in [1.165, 1.54) is 18.5 Å². The molecule has 0 unspecified atom stereocenters. The maximum absolute atomic E-state index is 13.3. The Morgan fingerprint density at radius 1 is 1.22 bits per heavy atom. The monoisotopic (exact) mass is 472 g/mol. The maximum Gasteiger partial charge on any atom is 0.280 e. The zero-order chi connectivity index (χ0) is 22.5. The molecule has 4 N–H and O–H groups in total. The third-order valence-electron chi connectivity index (χ3n) is 4.30. The summed E-state index contributed by atoms with van der Waals surface area (Å²) in [5.74, 6) is 0.262. The highest BCUT2D eigenvalue weighted by molar-refractivity contribution is 7.19. The Morgan fingerprint density at radius 3 is 2.88 bits per heavy atom. The van der Waals surface area contributed by atoms with Gasteiger partial charge in [0.05, 0.1) is 5.02 Å². The zero-order valence-electron chi connectivity index (χ0n) is 16.6. The number of amides is 1. The molecule has 4 aromatic rings. The minimum atomic E-state index is -0.324. The summed E-state index contributed by atoms with van der Waals surface area (Å²) in [5, 5.41) is 6.47. The molecule has 0 saturated carbocycles. The summed E-state index contributed by atoms with van der Waals surface area (Å²) < 4.78 is 19.0. The number of thiazole rings is 1. The smallest absolute Gasteiger partial charge is 0.280 e. The van der Waals surface area contributed by atoms with Gasteiger partial charge in [0.1, 0.15) is 34.8 Å². The molecule has 2 aromatic carbocycles. The fraction of sp³-hybridized carbons (Fsp3) is 0.143. The van der Waals surface area contributed by atoms with Crippen molar-refractivity contribution < 1.29 is 13.9 Å². The number of aromatic nitrogens is 3. The summed E-state index contributed by atoms with van der Waals surface area (Å²) in [4.78, 5) is 25.5. The Hall–Kier alpha value is -3.34. The van der Waals surface area contributed by atoms with Gasteiger partial charge in [-0.15, -0.1) is 0 Å². The summed E-state index contributed by atoms with van der Waals surface area (Å²) in [6.45, 7) is 0.883. The molecule has 0 aliphatic heterocycles. The van der Waals surface area contributed by atoms with E-state index in [-0.39, 0.29) is 23.3 Å². The number of nitrogens with one attached hydrogen (secondary N) is 2. The first kappa shape index (κ1) is 21.9. The van der Waals surface area contributed by atoms with Gasteiger partial charge < -0.3 is 21.1 Å². The van der Waals surface area contributed by atoms with Crippen molar-refractivity contribution in [2.75, 3.05) is 18.4 Å². The van der Waals surface area contributed by atoms with Crippen LogP contribution in [0.1, 0.15) is 15.4 Å². The Morgan fingerprint density at radius 2 is 2.09 bits per heavy atom. The Kier molecular flexibility index (Phi) is 6.74. The molecule has 2 aromatic heterocycles. The van der Waals surface area contributed by atoms with Gasteiger partial charge in [-0.05, 0) is 35.9 Å². The first-order valence-corrected chi connectivity index (χ1v) is 10.8. The minimum absolute atomic E-state index is 0.185. The average Bonchev–Trinajstić information content (AvgIpc) is 3.23. The number of hydrogen-bond donors (Lipinski definition) is 3. The lowest BCUT2D eigenvalue weighted by molar-refractivity contribution is 0.0954. The molecule has 0 aliphatic carbocycles. The van der Waals surface area contributed by atoms with Crippen molar-refractivity contribution in [1.29, 1.82) is 0 Å². The maximum atomic E-state index is 13.3. The van der Waals surface area contributed by atoms with Gasteiger partial charge in [0.15, 0.2) is 10.8 Å². The van der Waals surface area contributed by atoms with Crippen molar-refractivity contribution >= 4 is 50.7 Å². The molecule has 0 fully saturated rings. The van der Waals surface area contributed by atoms with E-state index < -0.39 is 0 Å². The number of benzene rings is 2. The minimum Gasteiger partial charge on any atom is -0.487 e. The second kappa shape index (κ2) is 9.86. The van der Waals surface area contributed by atoms with Crippen LogP contribution < -0.4 is 21.1 Å². The van der Waals surface area contributed by atoms with Crippen molar-refractivity contribution in [3.8, 4) is 5.75 Å². The van der Waals surface area contributed by atoms with Crippen LogP contribution in [0.25, 0.3) is 10.3 Å². The van der Waals surface area contributed by atoms with E-state index in [1.54, 1.807) is 30.3 Å². The highest BCUT2D eigenvalue weighted by Gasteiger charge is 2.16. The van der Waals surface area contributed by atoms with Crippen LogP contribution in [0, 0.1) is 5.82 Å². The molecule has 164 valence electrons. The Labute approximate surface area is 191 Å². The number of hydrogen-bond acceptors (Lipinski definition) is 8. The van der Waals surface area contributed by atoms with Crippen molar-refractivity contribution in [3.63, 3.8) is 0 Å². The lowest BCUT2D eigenvalue weighted by Crippen LogP contribution is -2.28. The van der Waals surface area contributed by atoms with Crippen LogP contribution in [-0.2, 0) is 6.61 Å². The van der Waals surface area contributed by atoms with E-state index in [1.807, 2.05) is 0 Å². The molecule has 0 atom stereocenters. The first-order chi connectivity index (χ1) is 15.5. The van der Waals surface area contributed by atoms with E-state index >= 15 is 0 Å². The zero-order valence-corrected chi connectivity index (χ0v) is 18.2. The number of fused-ring (bicyclic) bond motifs is 1. The molecule has 4 rings (SSSR count). The molecule has 0 spiro atoms. The second-order valence-corrected chi connectivity index (χ2v) is 8.01. The van der Waals surface area contributed by atoms with Gasteiger partial charge in [-0.25, -0.2) is 19.3 Å². The highest BCUT2D eigenvalue weighted by atomic mass is 35.5. The molecule has 0 bridgehead atoms. The van der Waals surface area contributed by atoms with Gasteiger partial charge in [0.2, 0.25) is 0 Å². The standard InChI is InChI=1S/C21H18ClFN6O2S/c22-15-9-14(4-5-16(15)31-10-12-2-1-3-13(23)8-12)28-18-17-20(27-11-26-18)32-21(29-17)19(30)25-7-6-24/h1-5,8-9,11H,6-7,10,24H2,(H,25,30)(H,26,27,28). The summed E-state index contributed by atoms with van der Waals surface area (Å²) in [6.07, 6.45) is 1.39. The second-order valence-electron chi connectivity index (χ2n) is 6.63. The molecule has 11 heteroatoms. The van der Waals surface area contributed by atoms with Gasteiger partial charge in [0.25, 0.3) is 5.91 Å². The van der Waals surface area contributed by atoms with Gasteiger partial charge >= 0.3 is 0 Å². The number of halogens is 2. The fourth-order valence-corrected chi connectivity index (χ4v) is 3.88. The van der Waals surface area contributed by atoms with Gasteiger partial charge in [-0.2, -0.15) is 0 Å². The number of carbonyl (C=O) groups is 1. The number of nitrogens with two attached hydrogens (primary N) is 1. The topological polar surface area (TPSA) is 115 Å². The third kappa shape index (κ3) is 5.10. The number of ether oxygens (including phenoxy) is 1. The number of nitrogens with zero attached hydrogens (tertiary/aromatic N) is 3. The summed E-state index contributed by atoms with van der Waals surface area (Å²) in [5.41, 5.74) is 7.23. The molecule has 0 saturated heterocycles. The van der Waals surface area contributed by atoms with Crippen LogP contribution in [0.3, 0.4) is 0 Å². The highest BCUT2D eigenvalue weighted by Crippen LogP contribution is 2.31. The molecular weight excluding hydrogens is 455 g/mol. The van der Waals surface area contributed by atoms with Crippen molar-refractivity contribution in [2.45, 2.75) is 6.61 Å². The number of anilines is 2. The van der Waals surface area contributed by atoms with Crippen LogP contribution in [0.2, 0.25) is 5.02 Å². The predicted molar refractivity (Wildman–Crippen MR) is 122 cm³/mol. The number of carbonyl (C=O) groups excluding carboxylic acids is 1. The van der Waals surface area contributed by atoms with E-state index in [9.17, 15) is 9.18 Å². The lowest BCUT2D eigenvalue weighted by Gasteiger charge is -2.11. The SMILES string of the molecule is NCCNC(=O)c1nc2c(Nc3ccc(OCc4cccc(F)c4)c(Cl)c3)ncnc2s1. The molecule has 8 nitrogen and oxygen atoms in total. The molecule has 0 radical (unpaired) electrons. The van der Waals surface area contributed by atoms with Crippen LogP contribution in [0.4, 0.5) is 15.9 Å². The first-order valence-electron chi connectivity index (χ1n) is 9.57. The van der Waals surface area contributed by atoms with Crippen molar-refractivity contribution in [3.05, 3.63) is 70.2 Å². The van der Waals surface area contributed by atoms with Crippen molar-refractivity contribution in [1.82, 2.24) is 20.3 Å². The summed E-state index contributed by atoms with van der Waals surface area (Å²) in [6, 6.07) is 11.3.